The molecule has 1 fully saturated rings. The van der Waals surface area contributed by atoms with Gasteiger partial charge in [0, 0.05) is 0 Å². The van der Waals surface area contributed by atoms with Crippen LogP contribution in [0.2, 0.25) is 0 Å². The first-order valence-electron chi connectivity index (χ1n) is 4.00. The SMILES string of the molecule is C1CCCC1.N[CH2][Pt]([Cl])([Cl])[CH2]N. The summed E-state index contributed by atoms with van der Waals surface area (Å²) in [4.78, 5) is 0.763. The van der Waals surface area contributed by atoms with Gasteiger partial charge in [-0.2, -0.15) is 0 Å². The molecule has 0 saturated heterocycles. The Kier molecular flexibility index (Phi) is 8.33. The Morgan fingerprint density at radius 3 is 1.17 bits per heavy atom. The number of rotatable bonds is 2. The summed E-state index contributed by atoms with van der Waals surface area (Å²) in [5.74, 6) is 0. The topological polar surface area (TPSA) is 52.0 Å². The quantitative estimate of drug-likeness (QED) is 0.753. The Balaban J connectivity index is 0.000000211. The molecule has 4 N–H and O–H groups in total. The van der Waals surface area contributed by atoms with Crippen LogP contribution in [0, 0.1) is 0 Å². The van der Waals surface area contributed by atoms with Gasteiger partial charge in [-0.3, -0.25) is 0 Å². The Morgan fingerprint density at radius 2 is 1.08 bits per heavy atom. The molecule has 0 aliphatic heterocycles. The summed E-state index contributed by atoms with van der Waals surface area (Å²) < 4.78 is 0. The molecule has 12 heavy (non-hydrogen) atoms. The predicted molar refractivity (Wildman–Crippen MR) is 52.9 cm³/mol. The standard InChI is InChI=1S/C5H10.2CH4N.2ClH.Pt/c1-2-4-5-3-1;2*1-2;;;/h1-5H2;2*1-2H2;2*1H;/q;;;;;+2/p-2. The second kappa shape index (κ2) is 7.58. The fourth-order valence-corrected chi connectivity index (χ4v) is 1.32. The molecule has 1 aliphatic carbocycles. The molecule has 0 spiro atoms. The Hall–Kier alpha value is 1.19. The van der Waals surface area contributed by atoms with Gasteiger partial charge in [-0.25, -0.2) is 0 Å². The van der Waals surface area contributed by atoms with E-state index in [0.717, 1.165) is 0 Å². The zero-order valence-corrected chi connectivity index (χ0v) is 11.0. The molecule has 5 heteroatoms. The van der Waals surface area contributed by atoms with Crippen LogP contribution in [0.1, 0.15) is 32.1 Å². The molecule has 0 unspecified atom stereocenters. The fraction of sp³-hybridized carbons (Fsp3) is 1.00. The predicted octanol–water partition coefficient (Wildman–Crippen LogP) is 2.23. The summed E-state index contributed by atoms with van der Waals surface area (Å²) >= 11 is -2.52. The van der Waals surface area contributed by atoms with E-state index in [1.807, 2.05) is 0 Å². The van der Waals surface area contributed by atoms with Crippen molar-refractivity contribution in [3.05, 3.63) is 0 Å². The maximum atomic E-state index is 5.60. The van der Waals surface area contributed by atoms with Gasteiger partial charge in [-0.05, 0) is 0 Å². The summed E-state index contributed by atoms with van der Waals surface area (Å²) in [7, 11) is 11.2. The average Bonchev–Trinajstić information content (AvgIpc) is 2.62. The molecule has 1 saturated carbocycles. The van der Waals surface area contributed by atoms with Crippen molar-refractivity contribution in [3.8, 4) is 0 Å². The van der Waals surface area contributed by atoms with Gasteiger partial charge >= 0.3 is 54.1 Å². The van der Waals surface area contributed by atoms with Crippen LogP contribution in [0.4, 0.5) is 0 Å². The van der Waals surface area contributed by atoms with E-state index >= 15 is 0 Å². The molecule has 1 rings (SSSR count). The summed E-state index contributed by atoms with van der Waals surface area (Å²) in [5, 5.41) is 0. The van der Waals surface area contributed by atoms with E-state index in [1.54, 1.807) is 0 Å². The summed E-state index contributed by atoms with van der Waals surface area (Å²) in [6.07, 6.45) is 7.50. The normalized spacial score (nSPS) is 18.3. The average molecular weight is 396 g/mol. The first-order chi connectivity index (χ1) is 5.62. The van der Waals surface area contributed by atoms with E-state index < -0.39 is 14.0 Å². The molecule has 0 bridgehead atoms. The van der Waals surface area contributed by atoms with Crippen molar-refractivity contribution < 1.29 is 14.0 Å². The van der Waals surface area contributed by atoms with Crippen LogP contribution < -0.4 is 11.5 Å². The summed E-state index contributed by atoms with van der Waals surface area (Å²) in [5.41, 5.74) is 10.3. The number of nitrogens with two attached hydrogens (primary N) is 2. The van der Waals surface area contributed by atoms with E-state index in [-0.39, 0.29) is 0 Å². The molecule has 0 aromatic carbocycles. The number of halogens is 2. The van der Waals surface area contributed by atoms with Gasteiger partial charge in [-0.1, -0.05) is 32.1 Å². The van der Waals surface area contributed by atoms with Crippen molar-refractivity contribution in [1.29, 1.82) is 0 Å². The van der Waals surface area contributed by atoms with Gasteiger partial charge in [0.05, 0.1) is 0 Å². The molecular weight excluding hydrogens is 378 g/mol. The van der Waals surface area contributed by atoms with Crippen LogP contribution in [0.3, 0.4) is 0 Å². The van der Waals surface area contributed by atoms with Gasteiger partial charge in [0.2, 0.25) is 0 Å². The summed E-state index contributed by atoms with van der Waals surface area (Å²) in [6.45, 7) is 0. The molecule has 1 aliphatic rings. The molecule has 0 atom stereocenters. The van der Waals surface area contributed by atoms with Crippen LogP contribution in [-0.4, -0.2) is 9.87 Å². The molecule has 2 nitrogen and oxygen atoms in total. The molecule has 0 radical (unpaired) electrons. The van der Waals surface area contributed by atoms with E-state index in [9.17, 15) is 0 Å². The Morgan fingerprint density at radius 1 is 0.833 bits per heavy atom. The van der Waals surface area contributed by atoms with E-state index in [2.05, 4.69) is 0 Å². The van der Waals surface area contributed by atoms with Crippen LogP contribution in [0.15, 0.2) is 0 Å². The van der Waals surface area contributed by atoms with Gasteiger partial charge in [0.15, 0.2) is 0 Å². The molecule has 0 aromatic heterocycles. The second-order valence-corrected chi connectivity index (χ2v) is 16.8. The number of hydrogen-bond donors (Lipinski definition) is 2. The van der Waals surface area contributed by atoms with E-state index in [1.165, 1.54) is 32.1 Å². The maximum absolute atomic E-state index is 5.60. The zero-order valence-electron chi connectivity index (χ0n) is 7.18. The van der Waals surface area contributed by atoms with Crippen LogP contribution in [-0.2, 0) is 14.0 Å². The third-order valence-corrected chi connectivity index (χ3v) is 7.54. The van der Waals surface area contributed by atoms with Crippen molar-refractivity contribution in [2.45, 2.75) is 32.1 Å². The monoisotopic (exact) mass is 395 g/mol. The van der Waals surface area contributed by atoms with E-state index in [0.29, 0.717) is 9.87 Å². The third kappa shape index (κ3) is 7.82. The van der Waals surface area contributed by atoms with Gasteiger partial charge in [0.1, 0.15) is 0 Å². The van der Waals surface area contributed by atoms with Crippen LogP contribution in [0.5, 0.6) is 0 Å². The fourth-order valence-electron chi connectivity index (χ4n) is 0.937. The third-order valence-electron chi connectivity index (χ3n) is 1.63. The van der Waals surface area contributed by atoms with Gasteiger partial charge in [-0.15, -0.1) is 0 Å². The van der Waals surface area contributed by atoms with Gasteiger partial charge < -0.3 is 0 Å². The zero-order chi connectivity index (χ0) is 9.45. The molecule has 0 amide bonds. The van der Waals surface area contributed by atoms with Gasteiger partial charge in [0.25, 0.3) is 0 Å². The number of hydrogen-bond acceptors (Lipinski definition) is 2. The minimum atomic E-state index is -2.52. The summed E-state index contributed by atoms with van der Waals surface area (Å²) in [6, 6.07) is 0. The molecule has 80 valence electrons. The van der Waals surface area contributed by atoms with Crippen molar-refractivity contribution in [2.24, 2.45) is 11.5 Å². The Labute approximate surface area is 86.0 Å². The van der Waals surface area contributed by atoms with Crippen molar-refractivity contribution in [2.75, 3.05) is 9.87 Å². The van der Waals surface area contributed by atoms with Crippen LogP contribution >= 0.6 is 18.8 Å². The van der Waals surface area contributed by atoms with Crippen molar-refractivity contribution in [1.82, 2.24) is 0 Å². The van der Waals surface area contributed by atoms with Crippen molar-refractivity contribution >= 4 is 18.8 Å². The Bertz CT molecular complexity index is 94.0. The first-order valence-corrected chi connectivity index (χ1v) is 12.8. The second-order valence-electron chi connectivity index (χ2n) is 2.57. The van der Waals surface area contributed by atoms with E-state index in [4.69, 9.17) is 30.3 Å². The minimum absolute atomic E-state index is 0.382. The molecule has 0 aromatic rings. The first kappa shape index (κ1) is 13.2. The van der Waals surface area contributed by atoms with Crippen molar-refractivity contribution in [3.63, 3.8) is 0 Å². The molecule has 0 heterocycles. The van der Waals surface area contributed by atoms with Crippen LogP contribution in [0.25, 0.3) is 0 Å². The molecular formula is C7H18Cl2N2Pt.